The maximum Gasteiger partial charge on any atom is 0.0543 e. The van der Waals surface area contributed by atoms with Crippen LogP contribution < -0.4 is 0 Å². The minimum atomic E-state index is 0.313. The molecule has 0 bridgehead atoms. The molecule has 0 aliphatic heterocycles. The van der Waals surface area contributed by atoms with Gasteiger partial charge >= 0.3 is 0 Å². The highest BCUT2D eigenvalue weighted by atomic mass is 16.5. The number of rotatable bonds is 4. The van der Waals surface area contributed by atoms with E-state index in [0.29, 0.717) is 5.41 Å². The first kappa shape index (κ1) is 12.4. The molecule has 2 fully saturated rings. The molecule has 0 aromatic heterocycles. The van der Waals surface area contributed by atoms with Crippen LogP contribution in [0.2, 0.25) is 0 Å². The third-order valence-corrected chi connectivity index (χ3v) is 4.93. The van der Waals surface area contributed by atoms with Gasteiger partial charge in [0.05, 0.1) is 13.2 Å². The van der Waals surface area contributed by atoms with Crippen molar-refractivity contribution in [3.05, 3.63) is 0 Å². The lowest BCUT2D eigenvalue weighted by atomic mass is 9.70. The van der Waals surface area contributed by atoms with Crippen LogP contribution in [0.3, 0.4) is 0 Å². The minimum Gasteiger partial charge on any atom is -0.384 e. The van der Waals surface area contributed by atoms with E-state index in [4.69, 9.17) is 9.47 Å². The topological polar surface area (TPSA) is 18.5 Å². The molecule has 0 amide bonds. The number of hydrogen-bond acceptors (Lipinski definition) is 2. The lowest BCUT2D eigenvalue weighted by molar-refractivity contribution is -0.0300. The monoisotopic (exact) mass is 226 g/mol. The van der Waals surface area contributed by atoms with E-state index in [9.17, 15) is 0 Å². The zero-order valence-corrected chi connectivity index (χ0v) is 11.0. The Morgan fingerprint density at radius 3 is 2.31 bits per heavy atom. The zero-order valence-electron chi connectivity index (χ0n) is 11.0. The van der Waals surface area contributed by atoms with Gasteiger partial charge < -0.3 is 9.47 Å². The lowest BCUT2D eigenvalue weighted by Gasteiger charge is -2.38. The molecular formula is C14H26O2. The van der Waals surface area contributed by atoms with E-state index in [2.05, 4.69) is 6.92 Å². The van der Waals surface area contributed by atoms with Crippen LogP contribution in [-0.4, -0.2) is 27.4 Å². The van der Waals surface area contributed by atoms with E-state index in [1.807, 2.05) is 14.2 Å². The van der Waals surface area contributed by atoms with Crippen molar-refractivity contribution in [1.29, 1.82) is 0 Å². The summed E-state index contributed by atoms with van der Waals surface area (Å²) in [6.07, 6.45) is 6.96. The zero-order chi connectivity index (χ0) is 11.6. The van der Waals surface area contributed by atoms with E-state index >= 15 is 0 Å². The Morgan fingerprint density at radius 1 is 1.06 bits per heavy atom. The summed E-state index contributed by atoms with van der Waals surface area (Å²) in [4.78, 5) is 0. The van der Waals surface area contributed by atoms with Crippen LogP contribution in [0.15, 0.2) is 0 Å². The second-order valence-corrected chi connectivity index (χ2v) is 5.96. The van der Waals surface area contributed by atoms with Crippen molar-refractivity contribution in [1.82, 2.24) is 0 Å². The summed E-state index contributed by atoms with van der Waals surface area (Å²) in [5.41, 5.74) is 0.313. The first-order chi connectivity index (χ1) is 7.73. The normalized spacial score (nSPS) is 37.3. The van der Waals surface area contributed by atoms with Gasteiger partial charge in [-0.2, -0.15) is 0 Å². The number of fused-ring (bicyclic) bond motifs is 1. The van der Waals surface area contributed by atoms with Crippen molar-refractivity contribution in [3.63, 3.8) is 0 Å². The molecule has 2 rings (SSSR count). The van der Waals surface area contributed by atoms with E-state index in [1.54, 1.807) is 0 Å². The molecule has 2 saturated carbocycles. The van der Waals surface area contributed by atoms with Crippen molar-refractivity contribution < 1.29 is 9.47 Å². The Morgan fingerprint density at radius 2 is 1.69 bits per heavy atom. The van der Waals surface area contributed by atoms with E-state index < -0.39 is 0 Å². The molecule has 16 heavy (non-hydrogen) atoms. The second kappa shape index (κ2) is 5.05. The SMILES string of the molecule is COCC1(COC)C[C@@H](C)[C@H]2CCCC[C@@H]21. The molecule has 2 aliphatic rings. The van der Waals surface area contributed by atoms with Gasteiger partial charge in [-0.25, -0.2) is 0 Å². The summed E-state index contributed by atoms with van der Waals surface area (Å²) >= 11 is 0. The summed E-state index contributed by atoms with van der Waals surface area (Å²) < 4.78 is 11.0. The first-order valence-electron chi connectivity index (χ1n) is 6.71. The lowest BCUT2D eigenvalue weighted by Crippen LogP contribution is -2.38. The number of methoxy groups -OCH3 is 2. The van der Waals surface area contributed by atoms with Gasteiger partial charge in [0.2, 0.25) is 0 Å². The van der Waals surface area contributed by atoms with Crippen molar-refractivity contribution >= 4 is 0 Å². The maximum absolute atomic E-state index is 5.50. The molecule has 94 valence electrons. The van der Waals surface area contributed by atoms with Crippen molar-refractivity contribution in [2.45, 2.75) is 39.0 Å². The summed E-state index contributed by atoms with van der Waals surface area (Å²) in [6.45, 7) is 4.19. The van der Waals surface area contributed by atoms with Crippen LogP contribution in [0.4, 0.5) is 0 Å². The Balaban J connectivity index is 2.17. The fourth-order valence-electron chi connectivity index (χ4n) is 4.49. The van der Waals surface area contributed by atoms with Gasteiger partial charge in [-0.3, -0.25) is 0 Å². The summed E-state index contributed by atoms with van der Waals surface area (Å²) in [7, 11) is 3.66. The Hall–Kier alpha value is -0.0800. The van der Waals surface area contributed by atoms with Crippen LogP contribution in [0.25, 0.3) is 0 Å². The van der Waals surface area contributed by atoms with Gasteiger partial charge in [0.25, 0.3) is 0 Å². The van der Waals surface area contributed by atoms with Crippen molar-refractivity contribution in [2.24, 2.45) is 23.2 Å². The summed E-state index contributed by atoms with van der Waals surface area (Å²) in [6, 6.07) is 0. The molecule has 0 radical (unpaired) electrons. The predicted molar refractivity (Wildman–Crippen MR) is 65.4 cm³/mol. The van der Waals surface area contributed by atoms with Crippen molar-refractivity contribution in [2.75, 3.05) is 27.4 Å². The van der Waals surface area contributed by atoms with E-state index in [1.165, 1.54) is 32.1 Å². The van der Waals surface area contributed by atoms with E-state index in [-0.39, 0.29) is 0 Å². The maximum atomic E-state index is 5.50. The van der Waals surface area contributed by atoms with Crippen LogP contribution in [0.1, 0.15) is 39.0 Å². The standard InChI is InChI=1S/C14H26O2/c1-11-8-14(9-15-2,10-16-3)13-7-5-4-6-12(11)13/h11-13H,4-10H2,1-3H3/t11-,12-,13+/m1/s1. The molecule has 0 unspecified atom stereocenters. The quantitative estimate of drug-likeness (QED) is 0.733. The fourth-order valence-corrected chi connectivity index (χ4v) is 4.49. The van der Waals surface area contributed by atoms with Gasteiger partial charge in [-0.1, -0.05) is 19.8 Å². The predicted octanol–water partition coefficient (Wildman–Crippen LogP) is 3.11. The highest BCUT2D eigenvalue weighted by Crippen LogP contribution is 2.56. The molecule has 2 heteroatoms. The van der Waals surface area contributed by atoms with Gasteiger partial charge in [0.15, 0.2) is 0 Å². The molecule has 0 heterocycles. The van der Waals surface area contributed by atoms with Gasteiger partial charge in [0, 0.05) is 19.6 Å². The van der Waals surface area contributed by atoms with Gasteiger partial charge in [0.1, 0.15) is 0 Å². The molecular weight excluding hydrogens is 200 g/mol. The molecule has 2 aliphatic carbocycles. The second-order valence-electron chi connectivity index (χ2n) is 5.96. The number of hydrogen-bond donors (Lipinski definition) is 0. The average molecular weight is 226 g/mol. The third-order valence-electron chi connectivity index (χ3n) is 4.93. The minimum absolute atomic E-state index is 0.313. The first-order valence-corrected chi connectivity index (χ1v) is 6.71. The Bertz CT molecular complexity index is 221. The van der Waals surface area contributed by atoms with Crippen LogP contribution >= 0.6 is 0 Å². The molecule has 0 aromatic carbocycles. The molecule has 0 N–H and O–H groups in total. The molecule has 3 atom stereocenters. The Labute approximate surface area is 99.7 Å². The summed E-state index contributed by atoms with van der Waals surface area (Å²) in [5.74, 6) is 2.63. The molecule has 2 nitrogen and oxygen atoms in total. The van der Waals surface area contributed by atoms with Crippen LogP contribution in [0, 0.1) is 23.2 Å². The number of ether oxygens (including phenoxy) is 2. The van der Waals surface area contributed by atoms with E-state index in [0.717, 1.165) is 31.0 Å². The van der Waals surface area contributed by atoms with Crippen LogP contribution in [0.5, 0.6) is 0 Å². The molecule has 0 spiro atoms. The Kier molecular flexibility index (Phi) is 3.91. The highest BCUT2D eigenvalue weighted by molar-refractivity contribution is 5.00. The molecule has 0 saturated heterocycles. The highest BCUT2D eigenvalue weighted by Gasteiger charge is 2.52. The third kappa shape index (κ3) is 2.02. The average Bonchev–Trinajstić information content (AvgIpc) is 2.55. The molecule has 0 aromatic rings. The largest absolute Gasteiger partial charge is 0.384 e. The summed E-state index contributed by atoms with van der Waals surface area (Å²) in [5, 5.41) is 0. The van der Waals surface area contributed by atoms with Gasteiger partial charge in [-0.15, -0.1) is 0 Å². The van der Waals surface area contributed by atoms with Crippen molar-refractivity contribution in [3.8, 4) is 0 Å². The smallest absolute Gasteiger partial charge is 0.0543 e. The van der Waals surface area contributed by atoms with Crippen LogP contribution in [-0.2, 0) is 9.47 Å². The van der Waals surface area contributed by atoms with Gasteiger partial charge in [-0.05, 0) is 37.0 Å². The fraction of sp³-hybridized carbons (Fsp3) is 1.00.